The van der Waals surface area contributed by atoms with E-state index in [9.17, 15) is 0 Å². The lowest BCUT2D eigenvalue weighted by molar-refractivity contribution is 0.505. The number of aromatic nitrogens is 2. The Hall–Kier alpha value is -2.23. The first kappa shape index (κ1) is 15.2. The van der Waals surface area contributed by atoms with E-state index in [1.165, 1.54) is 6.21 Å². The van der Waals surface area contributed by atoms with Crippen molar-refractivity contribution in [2.24, 2.45) is 11.8 Å². The Kier molecular flexibility index (Phi) is 4.68. The van der Waals surface area contributed by atoms with Crippen LogP contribution < -0.4 is 5.32 Å². The lowest BCUT2D eigenvalue weighted by Gasteiger charge is -2.12. The van der Waals surface area contributed by atoms with Crippen LogP contribution in [0.3, 0.4) is 0 Å². The molecule has 2 aromatic rings. The van der Waals surface area contributed by atoms with E-state index < -0.39 is 0 Å². The monoisotopic (exact) mass is 282 g/mol. The van der Waals surface area contributed by atoms with Gasteiger partial charge >= 0.3 is 0 Å². The fourth-order valence-corrected chi connectivity index (χ4v) is 2.03. The molecule has 2 rings (SSSR count). The summed E-state index contributed by atoms with van der Waals surface area (Å²) < 4.78 is 0. The molecule has 2 N–H and O–H groups in total. The molecule has 0 saturated carbocycles. The first-order valence-electron chi connectivity index (χ1n) is 7.22. The van der Waals surface area contributed by atoms with Crippen LogP contribution in [0.2, 0.25) is 0 Å². The largest absolute Gasteiger partial charge is 0.357 e. The zero-order valence-corrected chi connectivity index (χ0v) is 13.0. The number of nitrogens with zero attached hydrogens (tertiary/aromatic N) is 2. The number of fused-ring (bicyclic) bond motifs is 1. The summed E-state index contributed by atoms with van der Waals surface area (Å²) in [7, 11) is 1.80. The van der Waals surface area contributed by atoms with Crippen LogP contribution in [0.1, 0.15) is 26.3 Å². The molecule has 1 atom stereocenters. The van der Waals surface area contributed by atoms with E-state index in [4.69, 9.17) is 5.41 Å². The smallest absolute Gasteiger partial charge is 0.222 e. The van der Waals surface area contributed by atoms with E-state index in [0.29, 0.717) is 17.8 Å². The van der Waals surface area contributed by atoms with Crippen LogP contribution in [0.4, 0.5) is 5.95 Å². The molecular formula is C17H22N4. The van der Waals surface area contributed by atoms with Gasteiger partial charge in [0, 0.05) is 24.8 Å². The second kappa shape index (κ2) is 6.48. The summed E-state index contributed by atoms with van der Waals surface area (Å²) >= 11 is 0. The van der Waals surface area contributed by atoms with Crippen molar-refractivity contribution in [3.05, 3.63) is 36.0 Å². The summed E-state index contributed by atoms with van der Waals surface area (Å²) in [5.41, 5.74) is 2.84. The van der Waals surface area contributed by atoms with Gasteiger partial charge in [0.2, 0.25) is 5.95 Å². The SMILES string of the molecule is CNc1ncc2ccc(/C(C=N)=C/C(C)C(C)C)cc2n1. The Morgan fingerprint density at radius 2 is 2.05 bits per heavy atom. The van der Waals surface area contributed by atoms with E-state index >= 15 is 0 Å². The first-order valence-corrected chi connectivity index (χ1v) is 7.22. The molecule has 1 heterocycles. The highest BCUT2D eigenvalue weighted by Gasteiger charge is 2.08. The van der Waals surface area contributed by atoms with Gasteiger partial charge in [0.15, 0.2) is 0 Å². The fourth-order valence-electron chi connectivity index (χ4n) is 2.03. The molecule has 4 nitrogen and oxygen atoms in total. The maximum Gasteiger partial charge on any atom is 0.222 e. The third-order valence-corrected chi connectivity index (χ3v) is 3.79. The van der Waals surface area contributed by atoms with Crippen molar-refractivity contribution in [3.63, 3.8) is 0 Å². The van der Waals surface area contributed by atoms with Crippen LogP contribution in [0.5, 0.6) is 0 Å². The van der Waals surface area contributed by atoms with Crippen LogP contribution in [-0.2, 0) is 0 Å². The molecular weight excluding hydrogens is 260 g/mol. The van der Waals surface area contributed by atoms with Crippen LogP contribution in [0, 0.1) is 17.2 Å². The molecule has 21 heavy (non-hydrogen) atoms. The summed E-state index contributed by atoms with van der Waals surface area (Å²) in [6.07, 6.45) is 5.38. The zero-order valence-electron chi connectivity index (χ0n) is 13.0. The highest BCUT2D eigenvalue weighted by molar-refractivity contribution is 6.09. The normalized spacial score (nSPS) is 13.5. The van der Waals surface area contributed by atoms with Crippen molar-refractivity contribution in [1.82, 2.24) is 9.97 Å². The minimum atomic E-state index is 0.426. The fraction of sp³-hybridized carbons (Fsp3) is 0.353. The van der Waals surface area contributed by atoms with Crippen molar-refractivity contribution in [3.8, 4) is 0 Å². The lowest BCUT2D eigenvalue weighted by atomic mass is 9.93. The maximum atomic E-state index is 7.68. The highest BCUT2D eigenvalue weighted by Crippen LogP contribution is 2.22. The molecule has 0 amide bonds. The van der Waals surface area contributed by atoms with Crippen LogP contribution in [0.25, 0.3) is 16.5 Å². The van der Waals surface area contributed by atoms with Gasteiger partial charge in [-0.2, -0.15) is 0 Å². The molecule has 0 aliphatic heterocycles. The van der Waals surface area contributed by atoms with Crippen molar-refractivity contribution in [2.45, 2.75) is 20.8 Å². The van der Waals surface area contributed by atoms with Gasteiger partial charge in [-0.15, -0.1) is 0 Å². The van der Waals surface area contributed by atoms with Crippen molar-refractivity contribution < 1.29 is 0 Å². The van der Waals surface area contributed by atoms with Crippen molar-refractivity contribution in [2.75, 3.05) is 12.4 Å². The number of benzene rings is 1. The summed E-state index contributed by atoms with van der Waals surface area (Å²) in [6.45, 7) is 6.56. The number of rotatable bonds is 5. The van der Waals surface area contributed by atoms with Gasteiger partial charge in [0.05, 0.1) is 5.52 Å². The Bertz CT molecular complexity index is 674. The average Bonchev–Trinajstić information content (AvgIpc) is 2.51. The lowest BCUT2D eigenvalue weighted by Crippen LogP contribution is -2.02. The number of allylic oxidation sites excluding steroid dienone is 2. The van der Waals surface area contributed by atoms with E-state index in [-0.39, 0.29) is 0 Å². The Labute approximate surface area is 125 Å². The molecule has 0 fully saturated rings. The van der Waals surface area contributed by atoms with E-state index in [1.807, 2.05) is 24.4 Å². The number of hydrogen-bond donors (Lipinski definition) is 2. The second-order valence-electron chi connectivity index (χ2n) is 5.59. The van der Waals surface area contributed by atoms with Gasteiger partial charge in [-0.05, 0) is 29.0 Å². The molecule has 0 spiro atoms. The van der Waals surface area contributed by atoms with Crippen LogP contribution in [-0.4, -0.2) is 23.2 Å². The molecule has 4 heteroatoms. The molecule has 0 aliphatic carbocycles. The van der Waals surface area contributed by atoms with E-state index in [1.54, 1.807) is 7.05 Å². The summed E-state index contributed by atoms with van der Waals surface area (Å²) in [4.78, 5) is 8.67. The van der Waals surface area contributed by atoms with Gasteiger partial charge in [-0.25, -0.2) is 9.97 Å². The zero-order chi connectivity index (χ0) is 15.4. The molecule has 1 unspecified atom stereocenters. The predicted molar refractivity (Wildman–Crippen MR) is 89.8 cm³/mol. The maximum absolute atomic E-state index is 7.68. The Balaban J connectivity index is 2.46. The molecule has 0 radical (unpaired) electrons. The quantitative estimate of drug-likeness (QED) is 0.815. The van der Waals surface area contributed by atoms with Gasteiger partial charge in [-0.1, -0.05) is 39.0 Å². The van der Waals surface area contributed by atoms with Crippen molar-refractivity contribution in [1.29, 1.82) is 5.41 Å². The Morgan fingerprint density at radius 3 is 2.67 bits per heavy atom. The number of nitrogens with one attached hydrogen (secondary N) is 2. The second-order valence-corrected chi connectivity index (χ2v) is 5.59. The summed E-state index contributed by atoms with van der Waals surface area (Å²) in [5.74, 6) is 1.59. The van der Waals surface area contributed by atoms with Gasteiger partial charge in [0.1, 0.15) is 0 Å². The summed E-state index contributed by atoms with van der Waals surface area (Å²) in [6, 6.07) is 6.04. The molecule has 0 saturated heterocycles. The topological polar surface area (TPSA) is 61.7 Å². The van der Waals surface area contributed by atoms with E-state index in [2.05, 4.69) is 42.1 Å². The van der Waals surface area contributed by atoms with Gasteiger partial charge in [-0.3, -0.25) is 0 Å². The first-order chi connectivity index (χ1) is 10.0. The predicted octanol–water partition coefficient (Wildman–Crippen LogP) is 4.00. The molecule has 1 aromatic heterocycles. The van der Waals surface area contributed by atoms with Crippen molar-refractivity contribution >= 4 is 28.6 Å². The third-order valence-electron chi connectivity index (χ3n) is 3.79. The number of hydrogen-bond acceptors (Lipinski definition) is 4. The minimum absolute atomic E-state index is 0.426. The van der Waals surface area contributed by atoms with Gasteiger partial charge in [0.25, 0.3) is 0 Å². The van der Waals surface area contributed by atoms with Crippen LogP contribution >= 0.6 is 0 Å². The van der Waals surface area contributed by atoms with Crippen LogP contribution in [0.15, 0.2) is 30.5 Å². The standard InChI is InChI=1S/C17H22N4/c1-11(2)12(3)7-15(9-18)13-5-6-14-10-20-17(19-4)21-16(14)8-13/h5-12,18H,1-4H3,(H,19,20,21)/b15-7+,18-9?. The molecule has 0 aliphatic rings. The van der Waals surface area contributed by atoms with Gasteiger partial charge < -0.3 is 10.7 Å². The average molecular weight is 282 g/mol. The molecule has 110 valence electrons. The molecule has 1 aromatic carbocycles. The third kappa shape index (κ3) is 3.45. The minimum Gasteiger partial charge on any atom is -0.357 e. The summed E-state index contributed by atoms with van der Waals surface area (Å²) in [5, 5.41) is 11.6. The van der Waals surface area contributed by atoms with E-state index in [0.717, 1.165) is 22.0 Å². The highest BCUT2D eigenvalue weighted by atomic mass is 15.1. The molecule has 0 bridgehead atoms. The number of anilines is 1. The Morgan fingerprint density at radius 1 is 1.29 bits per heavy atom.